The molecule has 0 aliphatic rings. The number of hydrogen-bond acceptors (Lipinski definition) is 5. The minimum absolute atomic E-state index is 0.183. The van der Waals surface area contributed by atoms with E-state index in [-0.39, 0.29) is 4.90 Å². The Morgan fingerprint density at radius 3 is 2.35 bits per heavy atom. The summed E-state index contributed by atoms with van der Waals surface area (Å²) in [5.74, 6) is 0.471. The smallest absolute Gasteiger partial charge is 0.242 e. The van der Waals surface area contributed by atoms with Gasteiger partial charge in [0.2, 0.25) is 10.0 Å². The van der Waals surface area contributed by atoms with Gasteiger partial charge in [-0.05, 0) is 45.3 Å². The Morgan fingerprint density at radius 2 is 1.85 bits per heavy atom. The Kier molecular flexibility index (Phi) is 5.79. The van der Waals surface area contributed by atoms with Crippen LogP contribution >= 0.6 is 0 Å². The first-order chi connectivity index (χ1) is 9.28. The van der Waals surface area contributed by atoms with Crippen molar-refractivity contribution in [2.24, 2.45) is 0 Å². The zero-order valence-electron chi connectivity index (χ0n) is 12.5. The number of rotatable bonds is 7. The molecule has 0 spiro atoms. The van der Waals surface area contributed by atoms with E-state index in [1.807, 2.05) is 19.0 Å². The van der Waals surface area contributed by atoms with E-state index in [0.29, 0.717) is 18.0 Å². The van der Waals surface area contributed by atoms with E-state index in [0.717, 1.165) is 13.0 Å². The SMILES string of the molecule is COc1ccc(S(=O)(=O)N(C)CCCN(C)C)cc1N. The van der Waals surface area contributed by atoms with E-state index in [2.05, 4.69) is 0 Å². The summed E-state index contributed by atoms with van der Waals surface area (Å²) in [6.07, 6.45) is 0.772. The molecule has 2 N–H and O–H groups in total. The van der Waals surface area contributed by atoms with Crippen LogP contribution in [0.3, 0.4) is 0 Å². The lowest BCUT2D eigenvalue weighted by molar-refractivity contribution is 0.370. The molecule has 0 aliphatic carbocycles. The highest BCUT2D eigenvalue weighted by Gasteiger charge is 2.21. The third kappa shape index (κ3) is 4.09. The average molecular weight is 301 g/mol. The van der Waals surface area contributed by atoms with Crippen molar-refractivity contribution in [3.8, 4) is 5.75 Å². The predicted molar refractivity (Wildman–Crippen MR) is 80.4 cm³/mol. The number of nitrogens with zero attached hydrogens (tertiary/aromatic N) is 2. The van der Waals surface area contributed by atoms with Crippen LogP contribution < -0.4 is 10.5 Å². The normalized spacial score (nSPS) is 12.1. The van der Waals surface area contributed by atoms with Crippen LogP contribution in [0.5, 0.6) is 5.75 Å². The lowest BCUT2D eigenvalue weighted by atomic mass is 10.3. The molecular formula is C13H23N3O3S. The fraction of sp³-hybridized carbons (Fsp3) is 0.538. The number of benzene rings is 1. The van der Waals surface area contributed by atoms with Crippen molar-refractivity contribution in [3.63, 3.8) is 0 Å². The molecule has 20 heavy (non-hydrogen) atoms. The van der Waals surface area contributed by atoms with Crippen LogP contribution in [0.15, 0.2) is 23.1 Å². The molecule has 0 radical (unpaired) electrons. The molecule has 0 saturated heterocycles. The van der Waals surface area contributed by atoms with Crippen molar-refractivity contribution in [3.05, 3.63) is 18.2 Å². The molecule has 0 heterocycles. The summed E-state index contributed by atoms with van der Waals surface area (Å²) in [5, 5.41) is 0. The van der Waals surface area contributed by atoms with Crippen molar-refractivity contribution >= 4 is 15.7 Å². The molecule has 7 heteroatoms. The van der Waals surface area contributed by atoms with Crippen molar-refractivity contribution in [2.45, 2.75) is 11.3 Å². The molecule has 1 rings (SSSR count). The summed E-state index contributed by atoms with van der Waals surface area (Å²) >= 11 is 0. The van der Waals surface area contributed by atoms with Gasteiger partial charge in [-0.15, -0.1) is 0 Å². The number of nitrogen functional groups attached to an aromatic ring is 1. The first-order valence-corrected chi connectivity index (χ1v) is 7.77. The molecule has 0 aromatic heterocycles. The Bertz CT molecular complexity index is 544. The summed E-state index contributed by atoms with van der Waals surface area (Å²) < 4.78 is 31.1. The van der Waals surface area contributed by atoms with Crippen molar-refractivity contribution in [1.82, 2.24) is 9.21 Å². The van der Waals surface area contributed by atoms with Gasteiger partial charge >= 0.3 is 0 Å². The summed E-state index contributed by atoms with van der Waals surface area (Å²) in [6, 6.07) is 4.50. The third-order valence-corrected chi connectivity index (χ3v) is 4.84. The van der Waals surface area contributed by atoms with Gasteiger partial charge in [0.25, 0.3) is 0 Å². The van der Waals surface area contributed by atoms with Crippen molar-refractivity contribution in [1.29, 1.82) is 0 Å². The number of hydrogen-bond donors (Lipinski definition) is 1. The lowest BCUT2D eigenvalue weighted by Gasteiger charge is -2.19. The van der Waals surface area contributed by atoms with Gasteiger partial charge in [-0.2, -0.15) is 0 Å². The fourth-order valence-corrected chi connectivity index (χ4v) is 3.03. The molecular weight excluding hydrogens is 278 g/mol. The van der Waals surface area contributed by atoms with Crippen LogP contribution in [0.1, 0.15) is 6.42 Å². The van der Waals surface area contributed by atoms with E-state index in [9.17, 15) is 8.42 Å². The van der Waals surface area contributed by atoms with Gasteiger partial charge in [0.1, 0.15) is 5.75 Å². The van der Waals surface area contributed by atoms with Crippen molar-refractivity contribution < 1.29 is 13.2 Å². The van der Waals surface area contributed by atoms with Crippen LogP contribution in [-0.4, -0.2) is 59.0 Å². The quantitative estimate of drug-likeness (QED) is 0.756. The highest BCUT2D eigenvalue weighted by Crippen LogP contribution is 2.25. The number of sulfonamides is 1. The number of anilines is 1. The maximum atomic E-state index is 12.4. The minimum atomic E-state index is -3.51. The van der Waals surface area contributed by atoms with E-state index in [1.54, 1.807) is 13.1 Å². The zero-order chi connectivity index (χ0) is 15.3. The first kappa shape index (κ1) is 16.7. The fourth-order valence-electron chi connectivity index (χ4n) is 1.78. The van der Waals surface area contributed by atoms with E-state index in [4.69, 9.17) is 10.5 Å². The summed E-state index contributed by atoms with van der Waals surface area (Å²) in [6.45, 7) is 1.30. The monoisotopic (exact) mass is 301 g/mol. The molecule has 0 aliphatic heterocycles. The van der Waals surface area contributed by atoms with Gasteiger partial charge in [0.15, 0.2) is 0 Å². The van der Waals surface area contributed by atoms with Gasteiger partial charge in [-0.3, -0.25) is 0 Å². The Labute approximate surface area is 121 Å². The molecule has 0 atom stereocenters. The van der Waals surface area contributed by atoms with Crippen LogP contribution in [-0.2, 0) is 10.0 Å². The molecule has 0 saturated carbocycles. The second-order valence-corrected chi connectivity index (χ2v) is 6.93. The van der Waals surface area contributed by atoms with E-state index >= 15 is 0 Å². The van der Waals surface area contributed by atoms with Gasteiger partial charge < -0.3 is 15.4 Å². The lowest BCUT2D eigenvalue weighted by Crippen LogP contribution is -2.30. The molecule has 0 amide bonds. The molecule has 1 aromatic carbocycles. The van der Waals surface area contributed by atoms with E-state index in [1.165, 1.54) is 23.5 Å². The number of methoxy groups -OCH3 is 1. The second-order valence-electron chi connectivity index (χ2n) is 4.89. The predicted octanol–water partition coefficient (Wildman–Crippen LogP) is 0.850. The van der Waals surface area contributed by atoms with Crippen LogP contribution in [0.4, 0.5) is 5.69 Å². The topological polar surface area (TPSA) is 75.9 Å². The second kappa shape index (κ2) is 6.92. The number of ether oxygens (including phenoxy) is 1. The molecule has 1 aromatic rings. The Hall–Kier alpha value is -1.31. The van der Waals surface area contributed by atoms with Crippen LogP contribution in [0.2, 0.25) is 0 Å². The minimum Gasteiger partial charge on any atom is -0.495 e. The van der Waals surface area contributed by atoms with Gasteiger partial charge in [0, 0.05) is 13.6 Å². The Morgan fingerprint density at radius 1 is 1.20 bits per heavy atom. The van der Waals surface area contributed by atoms with Crippen molar-refractivity contribution in [2.75, 3.05) is 47.1 Å². The summed E-state index contributed by atoms with van der Waals surface area (Å²) in [7, 11) is 3.48. The standard InChI is InChI=1S/C13H23N3O3S/c1-15(2)8-5-9-16(3)20(17,18)11-6-7-13(19-4)12(14)10-11/h6-7,10H,5,8-9,14H2,1-4H3. The molecule has 0 unspecified atom stereocenters. The zero-order valence-corrected chi connectivity index (χ0v) is 13.3. The first-order valence-electron chi connectivity index (χ1n) is 6.33. The molecule has 6 nitrogen and oxygen atoms in total. The van der Waals surface area contributed by atoms with Gasteiger partial charge in [0.05, 0.1) is 17.7 Å². The van der Waals surface area contributed by atoms with Crippen LogP contribution in [0.25, 0.3) is 0 Å². The molecule has 114 valence electrons. The molecule has 0 fully saturated rings. The highest BCUT2D eigenvalue weighted by atomic mass is 32.2. The maximum absolute atomic E-state index is 12.4. The largest absolute Gasteiger partial charge is 0.495 e. The van der Waals surface area contributed by atoms with E-state index < -0.39 is 10.0 Å². The highest BCUT2D eigenvalue weighted by molar-refractivity contribution is 7.89. The van der Waals surface area contributed by atoms with Crippen LogP contribution in [0, 0.1) is 0 Å². The van der Waals surface area contributed by atoms with Gasteiger partial charge in [-0.1, -0.05) is 0 Å². The number of nitrogens with two attached hydrogens (primary N) is 1. The van der Waals surface area contributed by atoms with Gasteiger partial charge in [-0.25, -0.2) is 12.7 Å². The Balaban J connectivity index is 2.84. The summed E-state index contributed by atoms with van der Waals surface area (Å²) in [4.78, 5) is 2.20. The molecule has 0 bridgehead atoms. The average Bonchev–Trinajstić information content (AvgIpc) is 2.37. The summed E-state index contributed by atoms with van der Waals surface area (Å²) in [5.41, 5.74) is 6.07. The third-order valence-electron chi connectivity index (χ3n) is 2.99. The maximum Gasteiger partial charge on any atom is 0.242 e.